The number of methoxy groups -OCH3 is 3. The van der Waals surface area contributed by atoms with Crippen LogP contribution in [-0.2, 0) is 13.0 Å². The molecule has 0 saturated heterocycles. The van der Waals surface area contributed by atoms with Crippen molar-refractivity contribution in [1.82, 2.24) is 4.57 Å². The number of benzene rings is 3. The maximum absolute atomic E-state index is 13.4. The van der Waals surface area contributed by atoms with E-state index in [-0.39, 0.29) is 28.6 Å². The van der Waals surface area contributed by atoms with E-state index in [0.717, 1.165) is 11.1 Å². The Bertz CT molecular complexity index is 1800. The second kappa shape index (κ2) is 8.12. The lowest BCUT2D eigenvalue weighted by molar-refractivity contribution is 0.373. The molecular weight excluding hydrogens is 478 g/mol. The molecule has 3 aromatic carbocycles. The van der Waals surface area contributed by atoms with Crippen molar-refractivity contribution in [1.29, 1.82) is 0 Å². The van der Waals surface area contributed by atoms with Crippen molar-refractivity contribution in [3.63, 3.8) is 0 Å². The maximum Gasteiger partial charge on any atom is 0.361 e. The molecule has 2 aromatic heterocycles. The number of phenolic OH excluding ortho intramolecular Hbond substituents is 3. The zero-order chi connectivity index (χ0) is 26.0. The second-order valence-corrected chi connectivity index (χ2v) is 8.83. The Labute approximate surface area is 210 Å². The Balaban J connectivity index is 1.83. The Morgan fingerprint density at radius 3 is 2.22 bits per heavy atom. The van der Waals surface area contributed by atoms with Crippen LogP contribution in [0.2, 0.25) is 0 Å². The first-order valence-electron chi connectivity index (χ1n) is 11.5. The lowest BCUT2D eigenvalue weighted by atomic mass is 9.91. The van der Waals surface area contributed by atoms with Crippen LogP contribution in [0.3, 0.4) is 0 Å². The topological polar surface area (TPSA) is 124 Å². The summed E-state index contributed by atoms with van der Waals surface area (Å²) in [6.07, 6.45) is 0.558. The highest BCUT2D eigenvalue weighted by molar-refractivity contribution is 6.17. The summed E-state index contributed by atoms with van der Waals surface area (Å²) in [5.74, 6) is 0.624. The van der Waals surface area contributed by atoms with Gasteiger partial charge in [0, 0.05) is 34.5 Å². The predicted molar refractivity (Wildman–Crippen MR) is 137 cm³/mol. The van der Waals surface area contributed by atoms with Crippen molar-refractivity contribution in [3.05, 3.63) is 58.4 Å². The lowest BCUT2D eigenvalue weighted by Crippen LogP contribution is -2.14. The van der Waals surface area contributed by atoms with E-state index in [1.54, 1.807) is 30.3 Å². The molecule has 0 unspecified atom stereocenters. The highest BCUT2D eigenvalue weighted by atomic mass is 16.5. The molecule has 5 aromatic rings. The van der Waals surface area contributed by atoms with Gasteiger partial charge in [-0.25, -0.2) is 4.79 Å². The molecule has 188 valence electrons. The molecule has 0 spiro atoms. The molecule has 0 amide bonds. The number of phenols is 3. The van der Waals surface area contributed by atoms with E-state index < -0.39 is 5.63 Å². The van der Waals surface area contributed by atoms with Crippen LogP contribution in [0.5, 0.6) is 34.5 Å². The van der Waals surface area contributed by atoms with Gasteiger partial charge in [-0.1, -0.05) is 6.07 Å². The van der Waals surface area contributed by atoms with Crippen LogP contribution >= 0.6 is 0 Å². The summed E-state index contributed by atoms with van der Waals surface area (Å²) in [4.78, 5) is 13.4. The summed E-state index contributed by atoms with van der Waals surface area (Å²) in [6.45, 7) is 0.450. The zero-order valence-corrected chi connectivity index (χ0v) is 20.3. The van der Waals surface area contributed by atoms with E-state index in [0.29, 0.717) is 57.6 Å². The van der Waals surface area contributed by atoms with Crippen molar-refractivity contribution >= 4 is 21.9 Å². The van der Waals surface area contributed by atoms with E-state index >= 15 is 0 Å². The second-order valence-electron chi connectivity index (χ2n) is 8.83. The molecule has 0 aliphatic carbocycles. The molecule has 0 radical (unpaired) electrons. The van der Waals surface area contributed by atoms with Crippen LogP contribution in [-0.4, -0.2) is 41.2 Å². The molecule has 0 fully saturated rings. The third kappa shape index (κ3) is 3.20. The number of hydrogen-bond acceptors (Lipinski definition) is 8. The molecule has 37 heavy (non-hydrogen) atoms. The fourth-order valence-electron chi connectivity index (χ4n) is 5.30. The van der Waals surface area contributed by atoms with Crippen LogP contribution in [0, 0.1) is 0 Å². The SMILES string of the molecule is COc1ccc(-c2c3n(c4c(=O)oc5cc(OC)c(O)cc5c24)CCc2cc(O)c(OC)cc2-3)cc1O. The Morgan fingerprint density at radius 1 is 0.838 bits per heavy atom. The molecule has 1 aliphatic heterocycles. The first kappa shape index (κ1) is 22.7. The zero-order valence-electron chi connectivity index (χ0n) is 20.3. The number of aromatic hydroxyl groups is 3. The molecular formula is C28H23NO8. The number of aryl methyl sites for hydroxylation is 2. The van der Waals surface area contributed by atoms with E-state index in [1.165, 1.54) is 33.5 Å². The molecule has 3 heterocycles. The Morgan fingerprint density at radius 2 is 1.51 bits per heavy atom. The highest BCUT2D eigenvalue weighted by Gasteiger charge is 2.30. The van der Waals surface area contributed by atoms with Gasteiger partial charge in [0.15, 0.2) is 34.5 Å². The third-order valence-electron chi connectivity index (χ3n) is 6.94. The van der Waals surface area contributed by atoms with Crippen molar-refractivity contribution in [2.45, 2.75) is 13.0 Å². The lowest BCUT2D eigenvalue weighted by Gasteiger charge is -2.22. The van der Waals surface area contributed by atoms with Gasteiger partial charge in [0.1, 0.15) is 11.1 Å². The van der Waals surface area contributed by atoms with Crippen molar-refractivity contribution in [3.8, 4) is 56.9 Å². The van der Waals surface area contributed by atoms with Gasteiger partial charge in [0.25, 0.3) is 0 Å². The number of hydrogen-bond donors (Lipinski definition) is 3. The summed E-state index contributed by atoms with van der Waals surface area (Å²) in [7, 11) is 4.36. The molecule has 0 bridgehead atoms. The summed E-state index contributed by atoms with van der Waals surface area (Å²) in [6, 6.07) is 11.4. The van der Waals surface area contributed by atoms with Crippen LogP contribution in [0.25, 0.3) is 44.3 Å². The van der Waals surface area contributed by atoms with Gasteiger partial charge in [-0.05, 0) is 47.9 Å². The van der Waals surface area contributed by atoms with Gasteiger partial charge in [-0.3, -0.25) is 0 Å². The van der Waals surface area contributed by atoms with Gasteiger partial charge in [0.05, 0.1) is 27.0 Å². The summed E-state index contributed by atoms with van der Waals surface area (Å²) in [5.41, 5.74) is 3.67. The predicted octanol–water partition coefficient (Wildman–Crippen LogP) is 4.78. The molecule has 0 saturated carbocycles. The first-order valence-corrected chi connectivity index (χ1v) is 11.5. The quantitative estimate of drug-likeness (QED) is 0.301. The first-order chi connectivity index (χ1) is 17.9. The molecule has 9 nitrogen and oxygen atoms in total. The average molecular weight is 501 g/mol. The monoisotopic (exact) mass is 501 g/mol. The van der Waals surface area contributed by atoms with E-state index in [1.807, 2.05) is 4.57 Å². The average Bonchev–Trinajstić information content (AvgIpc) is 3.24. The smallest absolute Gasteiger partial charge is 0.361 e. The number of aromatic nitrogens is 1. The van der Waals surface area contributed by atoms with Gasteiger partial charge >= 0.3 is 5.63 Å². The molecule has 3 N–H and O–H groups in total. The fraction of sp³-hybridized carbons (Fsp3) is 0.179. The van der Waals surface area contributed by atoms with Crippen molar-refractivity contribution < 1.29 is 33.9 Å². The van der Waals surface area contributed by atoms with Crippen LogP contribution in [0.1, 0.15) is 5.56 Å². The van der Waals surface area contributed by atoms with Crippen LogP contribution < -0.4 is 19.8 Å². The van der Waals surface area contributed by atoms with E-state index in [2.05, 4.69) is 0 Å². The van der Waals surface area contributed by atoms with Crippen molar-refractivity contribution in [2.24, 2.45) is 0 Å². The van der Waals surface area contributed by atoms with Crippen LogP contribution in [0.4, 0.5) is 0 Å². The normalized spacial score (nSPS) is 12.4. The maximum atomic E-state index is 13.4. The van der Waals surface area contributed by atoms with Crippen LogP contribution in [0.15, 0.2) is 51.7 Å². The minimum absolute atomic E-state index is 0.0245. The Kier molecular flexibility index (Phi) is 4.98. The number of fused-ring (bicyclic) bond motifs is 7. The van der Waals surface area contributed by atoms with Gasteiger partial charge < -0.3 is 38.5 Å². The van der Waals surface area contributed by atoms with E-state index in [4.69, 9.17) is 18.6 Å². The fourth-order valence-corrected chi connectivity index (χ4v) is 5.30. The minimum Gasteiger partial charge on any atom is -0.504 e. The summed E-state index contributed by atoms with van der Waals surface area (Å²) in [5, 5.41) is 32.7. The molecule has 0 atom stereocenters. The Hall–Kier alpha value is -4.79. The largest absolute Gasteiger partial charge is 0.504 e. The number of nitrogens with zero attached hydrogens (tertiary/aromatic N) is 1. The minimum atomic E-state index is -0.547. The number of rotatable bonds is 4. The highest BCUT2D eigenvalue weighted by Crippen LogP contribution is 2.49. The molecule has 1 aliphatic rings. The van der Waals surface area contributed by atoms with Gasteiger partial charge in [-0.2, -0.15) is 0 Å². The molecule has 6 rings (SSSR count). The molecule has 9 heteroatoms. The summed E-state index contributed by atoms with van der Waals surface area (Å²) < 4.78 is 23.4. The van der Waals surface area contributed by atoms with Crippen molar-refractivity contribution in [2.75, 3.05) is 21.3 Å². The standard InChI is InChI=1S/C28H23NO8/c1-34-20-5-4-14(9-17(20)30)24-25-16-10-19(32)23(36-3)12-21(16)37-28(33)27(25)29-7-6-13-8-18(31)22(35-2)11-15(13)26(24)29/h4-5,8-12,30-32H,6-7H2,1-3H3. The number of ether oxygens (including phenoxy) is 3. The summed E-state index contributed by atoms with van der Waals surface area (Å²) >= 11 is 0. The van der Waals surface area contributed by atoms with E-state index in [9.17, 15) is 20.1 Å². The van der Waals surface area contributed by atoms with Gasteiger partial charge in [0.2, 0.25) is 0 Å². The van der Waals surface area contributed by atoms with Gasteiger partial charge in [-0.15, -0.1) is 0 Å². The third-order valence-corrected chi connectivity index (χ3v) is 6.94.